The average molecular weight is 237 g/mol. The Morgan fingerprint density at radius 1 is 1.29 bits per heavy atom. The van der Waals surface area contributed by atoms with Crippen LogP contribution in [0, 0.1) is 0 Å². The summed E-state index contributed by atoms with van der Waals surface area (Å²) in [7, 11) is 0. The number of anilines is 1. The van der Waals surface area contributed by atoms with Crippen LogP contribution in [0.3, 0.4) is 0 Å². The number of benzene rings is 1. The normalized spacial score (nSPS) is 10.0. The topological polar surface area (TPSA) is 61.5 Å². The van der Waals surface area contributed by atoms with E-state index in [0.717, 1.165) is 11.3 Å². The highest BCUT2D eigenvalue weighted by molar-refractivity contribution is 5.70. The summed E-state index contributed by atoms with van der Waals surface area (Å²) in [6.07, 6.45) is 0.927. The minimum atomic E-state index is -0.197. The van der Waals surface area contributed by atoms with Gasteiger partial charge in [0.25, 0.3) is 0 Å². The Kier molecular flexibility index (Phi) is 5.33. The maximum Gasteiger partial charge on any atom is 0.306 e. The number of carbonyl (C=O) groups is 1. The molecule has 2 N–H and O–H groups in total. The molecule has 0 amide bonds. The quantitative estimate of drug-likeness (QED) is 0.608. The van der Waals surface area contributed by atoms with E-state index in [9.17, 15) is 4.79 Å². The fraction of sp³-hybridized carbons (Fsp3) is 0.462. The van der Waals surface area contributed by atoms with Crippen molar-refractivity contribution in [2.75, 3.05) is 18.9 Å². The highest BCUT2D eigenvalue weighted by Crippen LogP contribution is 2.23. The second-order valence-corrected chi connectivity index (χ2v) is 3.61. The maximum atomic E-state index is 11.3. The highest BCUT2D eigenvalue weighted by Gasteiger charge is 2.08. The number of carbonyl (C=O) groups excluding carboxylic acids is 1. The molecule has 0 unspecified atom stereocenters. The van der Waals surface area contributed by atoms with E-state index in [-0.39, 0.29) is 5.97 Å². The van der Waals surface area contributed by atoms with Crippen molar-refractivity contribution >= 4 is 11.7 Å². The molecule has 0 saturated carbocycles. The van der Waals surface area contributed by atoms with Gasteiger partial charge in [-0.25, -0.2) is 0 Å². The zero-order chi connectivity index (χ0) is 12.7. The highest BCUT2D eigenvalue weighted by atomic mass is 16.5. The predicted molar refractivity (Wildman–Crippen MR) is 67.0 cm³/mol. The van der Waals surface area contributed by atoms with Gasteiger partial charge in [-0.1, -0.05) is 0 Å². The first kappa shape index (κ1) is 13.4. The van der Waals surface area contributed by atoms with Crippen LogP contribution in [0.4, 0.5) is 5.69 Å². The Balaban J connectivity index is 2.67. The Labute approximate surface area is 102 Å². The number of aryl methyl sites for hydroxylation is 1. The average Bonchev–Trinajstić information content (AvgIpc) is 2.30. The lowest BCUT2D eigenvalue weighted by Gasteiger charge is -2.10. The van der Waals surface area contributed by atoms with Crippen LogP contribution in [0.2, 0.25) is 0 Å². The van der Waals surface area contributed by atoms with E-state index in [4.69, 9.17) is 15.2 Å². The van der Waals surface area contributed by atoms with Crippen molar-refractivity contribution < 1.29 is 14.3 Å². The van der Waals surface area contributed by atoms with Crippen molar-refractivity contribution in [2.45, 2.75) is 26.7 Å². The summed E-state index contributed by atoms with van der Waals surface area (Å²) in [6, 6.07) is 5.46. The number of nitrogens with two attached hydrogens (primary N) is 1. The molecule has 94 valence electrons. The maximum absolute atomic E-state index is 11.3. The van der Waals surface area contributed by atoms with E-state index in [1.807, 2.05) is 19.1 Å². The van der Waals surface area contributed by atoms with Crippen LogP contribution in [0.25, 0.3) is 0 Å². The SMILES string of the molecule is CCOC(=O)CCc1cc(N)ccc1OCC. The monoisotopic (exact) mass is 237 g/mol. The first-order valence-corrected chi connectivity index (χ1v) is 5.84. The van der Waals surface area contributed by atoms with Gasteiger partial charge < -0.3 is 15.2 Å². The predicted octanol–water partition coefficient (Wildman–Crippen LogP) is 2.16. The largest absolute Gasteiger partial charge is 0.494 e. The molecule has 0 atom stereocenters. The fourth-order valence-electron chi connectivity index (χ4n) is 1.56. The summed E-state index contributed by atoms with van der Waals surface area (Å²) in [5.74, 6) is 0.586. The summed E-state index contributed by atoms with van der Waals surface area (Å²) in [5.41, 5.74) is 7.33. The van der Waals surface area contributed by atoms with Gasteiger partial charge in [-0.05, 0) is 44.0 Å². The molecule has 1 aromatic rings. The number of esters is 1. The van der Waals surface area contributed by atoms with Gasteiger partial charge >= 0.3 is 5.97 Å². The van der Waals surface area contributed by atoms with Crippen molar-refractivity contribution in [3.8, 4) is 5.75 Å². The molecular weight excluding hydrogens is 218 g/mol. The summed E-state index contributed by atoms with van der Waals surface area (Å²) in [6.45, 7) is 4.72. The van der Waals surface area contributed by atoms with Crippen LogP contribution >= 0.6 is 0 Å². The van der Waals surface area contributed by atoms with E-state index >= 15 is 0 Å². The molecule has 0 fully saturated rings. The zero-order valence-electron chi connectivity index (χ0n) is 10.4. The number of rotatable bonds is 6. The van der Waals surface area contributed by atoms with Gasteiger partial charge in [-0.2, -0.15) is 0 Å². The first-order chi connectivity index (χ1) is 8.17. The van der Waals surface area contributed by atoms with Crippen LogP contribution in [-0.4, -0.2) is 19.2 Å². The van der Waals surface area contributed by atoms with Crippen molar-refractivity contribution in [3.05, 3.63) is 23.8 Å². The standard InChI is InChI=1S/C13H19NO3/c1-3-16-12-7-6-11(14)9-10(12)5-8-13(15)17-4-2/h6-7,9H,3-5,8,14H2,1-2H3. The Bertz CT molecular complexity index is 377. The number of hydrogen-bond donors (Lipinski definition) is 1. The van der Waals surface area contributed by atoms with Gasteiger partial charge in [0.15, 0.2) is 0 Å². The fourth-order valence-corrected chi connectivity index (χ4v) is 1.56. The smallest absolute Gasteiger partial charge is 0.306 e. The molecule has 0 aromatic heterocycles. The molecule has 0 heterocycles. The summed E-state index contributed by atoms with van der Waals surface area (Å²) < 4.78 is 10.4. The third-order valence-electron chi connectivity index (χ3n) is 2.29. The second kappa shape index (κ2) is 6.78. The summed E-state index contributed by atoms with van der Waals surface area (Å²) in [4.78, 5) is 11.3. The van der Waals surface area contributed by atoms with E-state index in [1.165, 1.54) is 0 Å². The summed E-state index contributed by atoms with van der Waals surface area (Å²) in [5, 5.41) is 0. The Morgan fingerprint density at radius 3 is 2.71 bits per heavy atom. The van der Waals surface area contributed by atoms with Crippen molar-refractivity contribution in [1.82, 2.24) is 0 Å². The lowest BCUT2D eigenvalue weighted by atomic mass is 10.1. The lowest BCUT2D eigenvalue weighted by molar-refractivity contribution is -0.143. The molecule has 17 heavy (non-hydrogen) atoms. The lowest BCUT2D eigenvalue weighted by Crippen LogP contribution is -2.06. The van der Waals surface area contributed by atoms with Crippen molar-refractivity contribution in [2.24, 2.45) is 0 Å². The van der Waals surface area contributed by atoms with E-state index in [0.29, 0.717) is 31.7 Å². The van der Waals surface area contributed by atoms with Gasteiger partial charge in [0.1, 0.15) is 5.75 Å². The van der Waals surface area contributed by atoms with Gasteiger partial charge in [0.05, 0.1) is 13.2 Å². The molecule has 0 spiro atoms. The molecule has 0 saturated heterocycles. The zero-order valence-corrected chi connectivity index (χ0v) is 10.4. The molecule has 0 aliphatic heterocycles. The van der Waals surface area contributed by atoms with Crippen molar-refractivity contribution in [3.63, 3.8) is 0 Å². The molecule has 4 heteroatoms. The molecule has 0 bridgehead atoms. The second-order valence-electron chi connectivity index (χ2n) is 3.61. The molecule has 0 aliphatic carbocycles. The number of ether oxygens (including phenoxy) is 2. The molecule has 0 aliphatic rings. The van der Waals surface area contributed by atoms with Gasteiger partial charge in [0.2, 0.25) is 0 Å². The third kappa shape index (κ3) is 4.34. The molecule has 0 radical (unpaired) electrons. The van der Waals surface area contributed by atoms with Crippen molar-refractivity contribution in [1.29, 1.82) is 0 Å². The van der Waals surface area contributed by atoms with Crippen LogP contribution < -0.4 is 10.5 Å². The van der Waals surface area contributed by atoms with Crippen LogP contribution in [0.5, 0.6) is 5.75 Å². The van der Waals surface area contributed by atoms with Gasteiger partial charge in [0, 0.05) is 12.1 Å². The van der Waals surface area contributed by atoms with Crippen LogP contribution in [0.15, 0.2) is 18.2 Å². The Morgan fingerprint density at radius 2 is 2.06 bits per heavy atom. The molecular formula is C13H19NO3. The van der Waals surface area contributed by atoms with E-state index in [1.54, 1.807) is 13.0 Å². The van der Waals surface area contributed by atoms with E-state index in [2.05, 4.69) is 0 Å². The van der Waals surface area contributed by atoms with E-state index < -0.39 is 0 Å². The first-order valence-electron chi connectivity index (χ1n) is 5.84. The summed E-state index contributed by atoms with van der Waals surface area (Å²) >= 11 is 0. The van der Waals surface area contributed by atoms with Gasteiger partial charge in [-0.3, -0.25) is 4.79 Å². The molecule has 1 rings (SSSR count). The third-order valence-corrected chi connectivity index (χ3v) is 2.29. The van der Waals surface area contributed by atoms with Crippen LogP contribution in [-0.2, 0) is 16.0 Å². The number of hydrogen-bond acceptors (Lipinski definition) is 4. The Hall–Kier alpha value is -1.71. The van der Waals surface area contributed by atoms with Gasteiger partial charge in [-0.15, -0.1) is 0 Å². The minimum absolute atomic E-state index is 0.197. The molecule has 4 nitrogen and oxygen atoms in total. The van der Waals surface area contributed by atoms with Crippen LogP contribution in [0.1, 0.15) is 25.8 Å². The minimum Gasteiger partial charge on any atom is -0.494 e. The molecule has 1 aromatic carbocycles. The number of nitrogen functional groups attached to an aromatic ring is 1.